The summed E-state index contributed by atoms with van der Waals surface area (Å²) in [5.74, 6) is 2.06. The average molecular weight is 358 g/mol. The van der Waals surface area contributed by atoms with Gasteiger partial charge in [-0.2, -0.15) is 0 Å². The highest BCUT2D eigenvalue weighted by Crippen LogP contribution is 2.31. The summed E-state index contributed by atoms with van der Waals surface area (Å²) in [6, 6.07) is 8.27. The molecule has 1 aliphatic rings. The third kappa shape index (κ3) is 4.14. The van der Waals surface area contributed by atoms with E-state index in [1.165, 1.54) is 24.6 Å². The molecule has 134 valence electrons. The second kappa shape index (κ2) is 7.73. The first kappa shape index (κ1) is 18.2. The van der Waals surface area contributed by atoms with E-state index in [1.807, 2.05) is 38.1 Å². The van der Waals surface area contributed by atoms with Crippen LogP contribution in [0.5, 0.6) is 0 Å². The van der Waals surface area contributed by atoms with Crippen molar-refractivity contribution >= 4 is 28.6 Å². The van der Waals surface area contributed by atoms with Crippen LogP contribution in [-0.4, -0.2) is 27.2 Å². The molecule has 1 aromatic carbocycles. The molecule has 4 nitrogen and oxygen atoms in total. The van der Waals surface area contributed by atoms with Crippen LogP contribution in [0.3, 0.4) is 0 Å². The smallest absolute Gasteiger partial charge is 0.233 e. The van der Waals surface area contributed by atoms with Gasteiger partial charge in [0.05, 0.1) is 10.8 Å². The minimum Gasteiger partial charge on any atom is -0.352 e. The molecule has 25 heavy (non-hydrogen) atoms. The van der Waals surface area contributed by atoms with Gasteiger partial charge in [-0.15, -0.1) is 0 Å². The van der Waals surface area contributed by atoms with E-state index < -0.39 is 0 Å². The maximum Gasteiger partial charge on any atom is 0.233 e. The average Bonchev–Trinajstić information content (AvgIpc) is 2.58. The van der Waals surface area contributed by atoms with Gasteiger partial charge in [0.2, 0.25) is 5.91 Å². The molecule has 1 heterocycles. The lowest BCUT2D eigenvalue weighted by molar-refractivity contribution is -0.121. The lowest BCUT2D eigenvalue weighted by atomic mass is 9.78. The molecule has 3 rings (SSSR count). The number of carbonyl (C=O) groups excluding carboxylic acids is 1. The third-order valence-corrected chi connectivity index (χ3v) is 6.47. The van der Waals surface area contributed by atoms with Crippen molar-refractivity contribution in [2.45, 2.75) is 63.3 Å². The number of benzene rings is 1. The number of nitrogens with one attached hydrogen (secondary N) is 1. The fourth-order valence-corrected chi connectivity index (χ4v) is 4.55. The number of aromatic nitrogens is 2. The zero-order valence-electron chi connectivity index (χ0n) is 15.5. The Morgan fingerprint density at radius 1 is 1.24 bits per heavy atom. The first-order valence-electron chi connectivity index (χ1n) is 9.16. The molecule has 1 aliphatic carbocycles. The number of hydrogen-bond donors (Lipinski definition) is 1. The Morgan fingerprint density at radius 2 is 2.00 bits per heavy atom. The zero-order valence-corrected chi connectivity index (χ0v) is 16.3. The Labute approximate surface area is 154 Å². The molecule has 1 saturated carbocycles. The van der Waals surface area contributed by atoms with Crippen LogP contribution in [0.2, 0.25) is 0 Å². The number of amides is 1. The third-order valence-electron chi connectivity index (χ3n) is 5.37. The Kier molecular flexibility index (Phi) is 5.62. The van der Waals surface area contributed by atoms with Crippen LogP contribution in [0.1, 0.15) is 45.9 Å². The zero-order chi connectivity index (χ0) is 18.0. The van der Waals surface area contributed by atoms with E-state index >= 15 is 0 Å². The lowest BCUT2D eigenvalue weighted by Crippen LogP contribution is -2.46. The first-order chi connectivity index (χ1) is 12.0. The maximum atomic E-state index is 12.7. The van der Waals surface area contributed by atoms with E-state index in [1.54, 1.807) is 0 Å². The maximum absolute atomic E-state index is 12.7. The van der Waals surface area contributed by atoms with Gasteiger partial charge in [-0.1, -0.05) is 56.7 Å². The highest BCUT2D eigenvalue weighted by atomic mass is 32.2. The van der Waals surface area contributed by atoms with Crippen LogP contribution in [0.15, 0.2) is 29.3 Å². The molecule has 1 aromatic heterocycles. The molecular weight excluding hydrogens is 330 g/mol. The number of fused-ring (bicyclic) bond motifs is 1. The van der Waals surface area contributed by atoms with Crippen molar-refractivity contribution in [3.8, 4) is 0 Å². The molecule has 1 N–H and O–H groups in total. The summed E-state index contributed by atoms with van der Waals surface area (Å²) in [5.41, 5.74) is 0.930. The highest BCUT2D eigenvalue weighted by Gasteiger charge is 2.29. The van der Waals surface area contributed by atoms with Crippen LogP contribution >= 0.6 is 11.8 Å². The number of para-hydroxylation sites is 1. The van der Waals surface area contributed by atoms with Crippen LogP contribution in [0.25, 0.3) is 10.9 Å². The Morgan fingerprint density at radius 3 is 2.80 bits per heavy atom. The van der Waals surface area contributed by atoms with Crippen molar-refractivity contribution in [1.82, 2.24) is 15.3 Å². The molecule has 5 heteroatoms. The number of nitrogens with zero attached hydrogens (tertiary/aromatic N) is 2. The van der Waals surface area contributed by atoms with Gasteiger partial charge in [0.15, 0.2) is 0 Å². The monoisotopic (exact) mass is 357 g/mol. The summed E-state index contributed by atoms with van der Waals surface area (Å²) >= 11 is 1.52. The SMILES string of the molecule is Cc1nc(S[C@@H](C)C(=O)N[C@H]2CCC[C@H](C)[C@@H]2C)c2ccccc2n1. The van der Waals surface area contributed by atoms with Crippen molar-refractivity contribution in [3.05, 3.63) is 30.1 Å². The Balaban J connectivity index is 1.72. The molecule has 4 atom stereocenters. The van der Waals surface area contributed by atoms with Gasteiger partial charge >= 0.3 is 0 Å². The largest absolute Gasteiger partial charge is 0.352 e. The summed E-state index contributed by atoms with van der Waals surface area (Å²) < 4.78 is 0. The quantitative estimate of drug-likeness (QED) is 0.652. The second-order valence-corrected chi connectivity index (χ2v) is 8.57. The van der Waals surface area contributed by atoms with E-state index in [2.05, 4.69) is 29.1 Å². The van der Waals surface area contributed by atoms with Crippen molar-refractivity contribution in [3.63, 3.8) is 0 Å². The van der Waals surface area contributed by atoms with Crippen molar-refractivity contribution in [2.75, 3.05) is 0 Å². The molecule has 1 amide bonds. The molecule has 0 unspecified atom stereocenters. The molecule has 0 bridgehead atoms. The van der Waals surface area contributed by atoms with Gasteiger partial charge in [-0.05, 0) is 38.2 Å². The van der Waals surface area contributed by atoms with Gasteiger partial charge in [0.25, 0.3) is 0 Å². The predicted molar refractivity (Wildman–Crippen MR) is 104 cm³/mol. The Hall–Kier alpha value is -1.62. The van der Waals surface area contributed by atoms with E-state index in [0.717, 1.165) is 28.2 Å². The number of aryl methyl sites for hydroxylation is 1. The number of carbonyl (C=O) groups is 1. The van der Waals surface area contributed by atoms with E-state index in [9.17, 15) is 4.79 Å². The first-order valence-corrected chi connectivity index (χ1v) is 10.0. The van der Waals surface area contributed by atoms with Crippen LogP contribution < -0.4 is 5.32 Å². The van der Waals surface area contributed by atoms with Crippen LogP contribution in [0.4, 0.5) is 0 Å². The normalized spacial score (nSPS) is 24.9. The van der Waals surface area contributed by atoms with E-state index in [-0.39, 0.29) is 11.2 Å². The van der Waals surface area contributed by atoms with Gasteiger partial charge in [-0.25, -0.2) is 9.97 Å². The molecule has 2 aromatic rings. The number of rotatable bonds is 4. The summed E-state index contributed by atoms with van der Waals surface area (Å²) in [7, 11) is 0. The molecule has 0 saturated heterocycles. The summed E-state index contributed by atoms with van der Waals surface area (Å²) in [6.07, 6.45) is 3.56. The van der Waals surface area contributed by atoms with Gasteiger partial charge in [0, 0.05) is 11.4 Å². The van der Waals surface area contributed by atoms with E-state index in [4.69, 9.17) is 0 Å². The second-order valence-electron chi connectivity index (χ2n) is 7.24. The minimum atomic E-state index is -0.179. The van der Waals surface area contributed by atoms with Crippen molar-refractivity contribution < 1.29 is 4.79 Å². The molecule has 0 radical (unpaired) electrons. The van der Waals surface area contributed by atoms with Gasteiger partial charge in [0.1, 0.15) is 10.9 Å². The number of thioether (sulfide) groups is 1. The van der Waals surface area contributed by atoms with Gasteiger partial charge < -0.3 is 5.32 Å². The number of hydrogen-bond acceptors (Lipinski definition) is 4. The predicted octanol–water partition coefficient (Wildman–Crippen LogP) is 4.36. The molecule has 0 aliphatic heterocycles. The fraction of sp³-hybridized carbons (Fsp3) is 0.550. The molecule has 0 spiro atoms. The molecule has 1 fully saturated rings. The Bertz CT molecular complexity index is 764. The van der Waals surface area contributed by atoms with Gasteiger partial charge in [-0.3, -0.25) is 4.79 Å². The van der Waals surface area contributed by atoms with E-state index in [0.29, 0.717) is 17.9 Å². The lowest BCUT2D eigenvalue weighted by Gasteiger charge is -2.35. The minimum absolute atomic E-state index is 0.108. The summed E-state index contributed by atoms with van der Waals surface area (Å²) in [4.78, 5) is 21.8. The standard InChI is InChI=1S/C20H27N3OS/c1-12-8-7-11-17(13(12)2)23-19(24)14(3)25-20-16-9-5-6-10-18(16)21-15(4)22-20/h5-6,9-10,12-14,17H,7-8,11H2,1-4H3,(H,23,24)/t12-,13-,14-,17-/m0/s1. The topological polar surface area (TPSA) is 54.9 Å². The molecular formula is C20H27N3OS. The fourth-order valence-electron chi connectivity index (χ4n) is 3.56. The summed E-state index contributed by atoms with van der Waals surface area (Å²) in [6.45, 7) is 8.40. The van der Waals surface area contributed by atoms with Crippen molar-refractivity contribution in [2.24, 2.45) is 11.8 Å². The van der Waals surface area contributed by atoms with Crippen molar-refractivity contribution in [1.29, 1.82) is 0 Å². The highest BCUT2D eigenvalue weighted by molar-refractivity contribution is 8.00. The summed E-state index contributed by atoms with van der Waals surface area (Å²) in [5, 5.41) is 5.00. The van der Waals surface area contributed by atoms with Crippen LogP contribution in [0, 0.1) is 18.8 Å². The van der Waals surface area contributed by atoms with Crippen LogP contribution in [-0.2, 0) is 4.79 Å².